The van der Waals surface area contributed by atoms with Gasteiger partial charge in [-0.2, -0.15) is 0 Å². The number of fused-ring (bicyclic) bond motifs is 8. The molecule has 5 heterocycles. The van der Waals surface area contributed by atoms with Crippen molar-refractivity contribution in [2.24, 2.45) is 0 Å². The van der Waals surface area contributed by atoms with Gasteiger partial charge >= 0.3 is 29.0 Å². The van der Waals surface area contributed by atoms with Gasteiger partial charge in [-0.1, -0.05) is 50.1 Å². The van der Waals surface area contributed by atoms with Crippen molar-refractivity contribution in [3.8, 4) is 0 Å². The molecular weight excluding hydrogens is 643 g/mol. The fourth-order valence-electron chi connectivity index (χ4n) is 7.48. The Morgan fingerprint density at radius 1 is 0.936 bits per heavy atom. The number of hydrogen-bond donors (Lipinski definition) is 2. The summed E-state index contributed by atoms with van der Waals surface area (Å²) in [5.41, 5.74) is 2.76. The summed E-state index contributed by atoms with van der Waals surface area (Å²) >= 11 is 0. The largest absolute Gasteiger partial charge is 2.00 e. The second-order valence-electron chi connectivity index (χ2n) is 12.6. The number of carbonyl (C=O) groups is 4. The average Bonchev–Trinajstić information content (AvgIpc) is 3.72. The van der Waals surface area contributed by atoms with E-state index in [-0.39, 0.29) is 69.9 Å². The molecule has 3 aromatic heterocycles. The summed E-state index contributed by atoms with van der Waals surface area (Å²) < 4.78 is 4.96. The van der Waals surface area contributed by atoms with E-state index in [1.54, 1.807) is 13.0 Å². The Morgan fingerprint density at radius 2 is 1.53 bits per heavy atom. The number of nitrogens with zero attached hydrogens (tertiary/aromatic N) is 4. The van der Waals surface area contributed by atoms with Gasteiger partial charge in [-0.15, -0.1) is 22.1 Å². The third-order valence-electron chi connectivity index (χ3n) is 10.1. The van der Waals surface area contributed by atoms with Crippen LogP contribution in [0.5, 0.6) is 0 Å². The van der Waals surface area contributed by atoms with Gasteiger partial charge < -0.3 is 24.9 Å². The third-order valence-corrected chi connectivity index (χ3v) is 10.1. The van der Waals surface area contributed by atoms with Gasteiger partial charge in [0.05, 0.1) is 12.8 Å². The maximum Gasteiger partial charge on any atom is 2.00 e. The number of aliphatic carboxylic acids is 1. The first-order valence-corrected chi connectivity index (χ1v) is 15.5. The van der Waals surface area contributed by atoms with Crippen LogP contribution in [0.15, 0.2) is 18.2 Å². The minimum atomic E-state index is -2.72. The Kier molecular flexibility index (Phi) is 8.85. The number of carbonyl (C=O) groups excluding carboxylic acids is 3. The zero-order chi connectivity index (χ0) is 33.4. The topological polar surface area (TPSA) is 172 Å². The summed E-state index contributed by atoms with van der Waals surface area (Å²) in [4.78, 5) is 71.5. The maximum atomic E-state index is 14.1. The van der Waals surface area contributed by atoms with Crippen molar-refractivity contribution >= 4 is 45.6 Å². The van der Waals surface area contributed by atoms with Crippen LogP contribution in [0.1, 0.15) is 131 Å². The summed E-state index contributed by atoms with van der Waals surface area (Å²) in [5, 5.41) is 21.6. The van der Waals surface area contributed by atoms with Gasteiger partial charge in [-0.3, -0.25) is 24.4 Å². The molecule has 2 aliphatic heterocycles. The summed E-state index contributed by atoms with van der Waals surface area (Å²) in [6.45, 7) is 11.0. The van der Waals surface area contributed by atoms with Gasteiger partial charge in [0, 0.05) is 63.9 Å². The number of Topliss-reactive ketones (excluding diaryl/α,β-unsaturated/α-hetero) is 2. The van der Waals surface area contributed by atoms with E-state index < -0.39 is 35.2 Å². The molecule has 1 aliphatic carbocycles. The van der Waals surface area contributed by atoms with Gasteiger partial charge in [0.15, 0.2) is 5.78 Å². The Balaban J connectivity index is 0.00000433. The number of aromatic nitrogens is 4. The van der Waals surface area contributed by atoms with Crippen LogP contribution in [-0.2, 0) is 37.0 Å². The molecule has 0 amide bonds. The third kappa shape index (κ3) is 5.05. The van der Waals surface area contributed by atoms with E-state index in [0.717, 1.165) is 24.9 Å². The molecule has 3 aliphatic rings. The van der Waals surface area contributed by atoms with Crippen LogP contribution in [0, 0.1) is 13.8 Å². The van der Waals surface area contributed by atoms with Crippen LogP contribution >= 0.6 is 0 Å². The van der Waals surface area contributed by atoms with Crippen LogP contribution in [0.2, 0.25) is 0 Å². The number of aryl methyl sites for hydroxylation is 2. The number of methoxy groups -OCH3 is 1. The minimum absolute atomic E-state index is 0. The van der Waals surface area contributed by atoms with Crippen molar-refractivity contribution < 1.29 is 51.2 Å². The summed E-state index contributed by atoms with van der Waals surface area (Å²) in [7, 11) is 1.09. The van der Waals surface area contributed by atoms with E-state index in [0.29, 0.717) is 38.9 Å². The molecule has 0 fully saturated rings. The van der Waals surface area contributed by atoms with Crippen molar-refractivity contribution in [2.75, 3.05) is 7.11 Å². The second kappa shape index (κ2) is 12.2. The van der Waals surface area contributed by atoms with Crippen LogP contribution in [0.3, 0.4) is 0 Å². The number of aliphatic hydroxyl groups is 1. The Labute approximate surface area is 282 Å². The Morgan fingerprint density at radius 3 is 2.15 bits per heavy atom. The fourth-order valence-corrected chi connectivity index (χ4v) is 7.48. The number of carboxylic acids is 1. The van der Waals surface area contributed by atoms with Crippen LogP contribution < -0.4 is 9.97 Å². The van der Waals surface area contributed by atoms with Crippen molar-refractivity contribution in [1.29, 1.82) is 0 Å². The standard InChI is InChI=1S/C35H38N4O7.Mn/c1-8-19-14(2)21-13-26-28(18(6)40)16(4)23(37-26)11-22-15(3)20(9-10-27(41)42)31(38-22)30-32-29(33(43)35(30,45)34(44)46-7)17(5)24(39-32)12-25(19)36-21;/h11-15,19-20,45H,8-10H2,1-7H3,(H3,36,37,38,39,40,41,42,43);/q;+2/p-2/t14?,15?,19-,20+,35?;/m1./s1. The molecule has 1 radical (unpaired) electrons. The number of hydrogen-bond acceptors (Lipinski definition) is 8. The molecule has 11 nitrogen and oxygen atoms in total. The summed E-state index contributed by atoms with van der Waals surface area (Å²) in [6.07, 6.45) is 0.677. The molecular formula is C35H36MnN4O7. The predicted molar refractivity (Wildman–Crippen MR) is 168 cm³/mol. The van der Waals surface area contributed by atoms with Gasteiger partial charge in [0.2, 0.25) is 5.78 Å². The number of ether oxygens (including phenoxy) is 1. The Hall–Kier alpha value is -4.12. The molecule has 6 rings (SSSR count). The van der Waals surface area contributed by atoms with Crippen molar-refractivity contribution in [3.63, 3.8) is 0 Å². The number of ketones is 2. The monoisotopic (exact) mass is 679 g/mol. The maximum absolute atomic E-state index is 14.1. The number of carboxylic acid groups (broad SMARTS) is 1. The van der Waals surface area contributed by atoms with Crippen molar-refractivity contribution in [2.45, 2.75) is 90.1 Å². The summed E-state index contributed by atoms with van der Waals surface area (Å²) in [6, 6.07) is 5.45. The Bertz CT molecular complexity index is 2030. The minimum Gasteiger partial charge on any atom is -0.657 e. The fraction of sp³-hybridized carbons (Fsp3) is 0.429. The average molecular weight is 680 g/mol. The van der Waals surface area contributed by atoms with E-state index in [1.807, 2.05) is 26.0 Å². The quantitative estimate of drug-likeness (QED) is 0.156. The molecule has 245 valence electrons. The first-order chi connectivity index (χ1) is 21.7. The van der Waals surface area contributed by atoms with E-state index >= 15 is 0 Å². The molecule has 8 bridgehead atoms. The SMILES string of the molecule is CC[C@H]1c2cc3[n-]c4c(c3C)C(=O)C(O)(C(=O)OC)c4c3nc(cc4[n-]c(cc(n2)C1C)c(C(C)=O)c4C)C(C)[C@@H]3CCC(=O)O.[Mn+2]. The van der Waals surface area contributed by atoms with Crippen molar-refractivity contribution in [3.05, 3.63) is 68.8 Å². The predicted octanol–water partition coefficient (Wildman–Crippen LogP) is 5.00. The van der Waals surface area contributed by atoms with Crippen molar-refractivity contribution in [1.82, 2.24) is 19.9 Å². The van der Waals surface area contributed by atoms with Gasteiger partial charge in [0.25, 0.3) is 5.60 Å². The molecule has 2 N–H and O–H groups in total. The van der Waals surface area contributed by atoms with Gasteiger partial charge in [-0.25, -0.2) is 4.79 Å². The normalized spacial score (nSPS) is 23.0. The first kappa shape index (κ1) is 34.2. The second-order valence-corrected chi connectivity index (χ2v) is 12.6. The molecule has 3 aromatic rings. The molecule has 0 saturated heterocycles. The molecule has 3 unspecified atom stereocenters. The molecule has 5 atom stereocenters. The van der Waals surface area contributed by atoms with Gasteiger partial charge in [-0.05, 0) is 33.6 Å². The van der Waals surface area contributed by atoms with Gasteiger partial charge in [0.1, 0.15) is 0 Å². The van der Waals surface area contributed by atoms with E-state index in [2.05, 4.69) is 13.8 Å². The number of rotatable bonds is 6. The molecule has 47 heavy (non-hydrogen) atoms. The molecule has 0 spiro atoms. The van der Waals surface area contributed by atoms with E-state index in [1.165, 1.54) is 6.92 Å². The van der Waals surface area contributed by atoms with E-state index in [4.69, 9.17) is 24.7 Å². The molecule has 12 heteroatoms. The first-order valence-electron chi connectivity index (χ1n) is 15.5. The molecule has 0 aromatic carbocycles. The van der Waals surface area contributed by atoms with Crippen LogP contribution in [0.4, 0.5) is 0 Å². The zero-order valence-corrected chi connectivity index (χ0v) is 28.4. The van der Waals surface area contributed by atoms with Crippen LogP contribution in [-0.4, -0.2) is 50.8 Å². The molecule has 0 saturated carbocycles. The smallest absolute Gasteiger partial charge is 0.657 e. The zero-order valence-electron chi connectivity index (χ0n) is 27.3. The summed E-state index contributed by atoms with van der Waals surface area (Å²) in [5.74, 6) is -4.15. The van der Waals surface area contributed by atoms with E-state index in [9.17, 15) is 29.4 Å². The number of esters is 1. The van der Waals surface area contributed by atoms with Crippen LogP contribution in [0.25, 0.3) is 22.1 Å².